The molecule has 0 spiro atoms. The fourth-order valence-electron chi connectivity index (χ4n) is 8.33. The van der Waals surface area contributed by atoms with Crippen molar-refractivity contribution in [1.29, 1.82) is 0 Å². The lowest BCUT2D eigenvalue weighted by Crippen LogP contribution is -2.40. The van der Waals surface area contributed by atoms with E-state index in [0.717, 1.165) is 61.8 Å². The smallest absolute Gasteiger partial charge is 0.259 e. The normalized spacial score (nSPS) is 27.0. The third-order valence-electron chi connectivity index (χ3n) is 11.1. The highest BCUT2D eigenvalue weighted by molar-refractivity contribution is 8.15. The lowest BCUT2D eigenvalue weighted by atomic mass is 9.91. The minimum atomic E-state index is 0.0636. The first-order chi connectivity index (χ1) is 23.6. The Kier molecular flexibility index (Phi) is 13.8. The van der Waals surface area contributed by atoms with E-state index in [-0.39, 0.29) is 11.2 Å². The number of rotatable bonds is 14. The number of aliphatic imine (C=N–C) groups is 1. The number of nitrogens with zero attached hydrogens (tertiary/aromatic N) is 3. The van der Waals surface area contributed by atoms with Gasteiger partial charge in [0.05, 0.1) is 10.3 Å². The molecule has 1 amide bonds. The van der Waals surface area contributed by atoms with Crippen LogP contribution < -0.4 is 10.6 Å². The topological polar surface area (TPSA) is 60.0 Å². The minimum absolute atomic E-state index is 0.0636. The molecule has 2 N–H and O–H groups in total. The van der Waals surface area contributed by atoms with Gasteiger partial charge in [0.1, 0.15) is 0 Å². The van der Waals surface area contributed by atoms with Crippen molar-refractivity contribution in [2.45, 2.75) is 88.5 Å². The van der Waals surface area contributed by atoms with Crippen LogP contribution in [0.2, 0.25) is 0 Å². The summed E-state index contributed by atoms with van der Waals surface area (Å²) in [5, 5.41) is 8.92. The van der Waals surface area contributed by atoms with Gasteiger partial charge in [-0.2, -0.15) is 0 Å². The summed E-state index contributed by atoms with van der Waals surface area (Å²) in [6.07, 6.45) is 17.7. The van der Waals surface area contributed by atoms with Crippen molar-refractivity contribution in [3.63, 3.8) is 0 Å². The van der Waals surface area contributed by atoms with Crippen LogP contribution in [0.25, 0.3) is 0 Å². The Morgan fingerprint density at radius 1 is 0.750 bits per heavy atom. The molecule has 260 valence electrons. The molecule has 2 saturated heterocycles. The van der Waals surface area contributed by atoms with Gasteiger partial charge in [0.25, 0.3) is 5.91 Å². The number of carbonyl (C=O) groups is 1. The van der Waals surface area contributed by atoms with Crippen molar-refractivity contribution in [2.75, 3.05) is 52.4 Å². The van der Waals surface area contributed by atoms with Crippen LogP contribution in [-0.4, -0.2) is 78.4 Å². The Labute approximate surface area is 294 Å². The van der Waals surface area contributed by atoms with Crippen LogP contribution >= 0.6 is 11.8 Å². The maximum absolute atomic E-state index is 11.3. The van der Waals surface area contributed by atoms with Gasteiger partial charge in [0, 0.05) is 25.2 Å². The Morgan fingerprint density at radius 2 is 1.29 bits per heavy atom. The quantitative estimate of drug-likeness (QED) is 0.159. The second-order valence-corrected chi connectivity index (χ2v) is 16.2. The zero-order chi connectivity index (χ0) is 33.0. The molecule has 4 unspecified atom stereocenters. The van der Waals surface area contributed by atoms with Crippen molar-refractivity contribution >= 4 is 22.7 Å². The van der Waals surface area contributed by atoms with Crippen molar-refractivity contribution in [1.82, 2.24) is 20.4 Å². The van der Waals surface area contributed by atoms with Gasteiger partial charge in [0.15, 0.2) is 0 Å². The number of likely N-dealkylation sites (tertiary alicyclic amines) is 2. The number of thioether (sulfide) groups is 1. The molecule has 3 aliphatic heterocycles. The molecule has 3 heterocycles. The molecule has 0 radical (unpaired) electrons. The van der Waals surface area contributed by atoms with Crippen molar-refractivity contribution in [2.24, 2.45) is 22.7 Å². The molecule has 1 saturated carbocycles. The molecule has 48 heavy (non-hydrogen) atoms. The summed E-state index contributed by atoms with van der Waals surface area (Å²) in [6, 6.07) is 22.9. The second-order valence-electron chi connectivity index (χ2n) is 14.8. The molecule has 2 aliphatic carbocycles. The van der Waals surface area contributed by atoms with Crippen LogP contribution in [0.4, 0.5) is 0 Å². The van der Waals surface area contributed by atoms with E-state index in [1.165, 1.54) is 88.7 Å². The van der Waals surface area contributed by atoms with Gasteiger partial charge in [-0.05, 0) is 126 Å². The Morgan fingerprint density at radius 3 is 1.73 bits per heavy atom. The first-order valence-corrected chi connectivity index (χ1v) is 20.0. The summed E-state index contributed by atoms with van der Waals surface area (Å²) in [6.45, 7) is 11.3. The highest BCUT2D eigenvalue weighted by atomic mass is 32.2. The number of benzene rings is 2. The molecule has 2 aromatic carbocycles. The first kappa shape index (κ1) is 35.5. The van der Waals surface area contributed by atoms with Gasteiger partial charge in [-0.15, -0.1) is 0 Å². The van der Waals surface area contributed by atoms with E-state index in [1.807, 2.05) is 6.92 Å². The second kappa shape index (κ2) is 18.6. The summed E-state index contributed by atoms with van der Waals surface area (Å²) in [7, 11) is 0. The molecule has 7 rings (SSSR count). The Bertz CT molecular complexity index is 1240. The molecule has 6 atom stereocenters. The minimum Gasteiger partial charge on any atom is -0.309 e. The predicted molar refractivity (Wildman–Crippen MR) is 203 cm³/mol. The number of allylic oxidation sites excluding steroid dienone is 2. The van der Waals surface area contributed by atoms with Crippen LogP contribution in [0, 0.1) is 17.8 Å². The molecule has 2 bridgehead atoms. The first-order valence-electron chi connectivity index (χ1n) is 19.1. The van der Waals surface area contributed by atoms with E-state index >= 15 is 0 Å². The van der Waals surface area contributed by atoms with E-state index in [9.17, 15) is 4.79 Å². The molecule has 2 aromatic rings. The van der Waals surface area contributed by atoms with Gasteiger partial charge in [-0.3, -0.25) is 4.79 Å². The zero-order valence-electron chi connectivity index (χ0n) is 29.3. The fraction of sp³-hybridized carbons (Fsp3) is 0.610. The number of hydrogen-bond donors (Lipinski definition) is 2. The summed E-state index contributed by atoms with van der Waals surface area (Å²) in [4.78, 5) is 20.7. The average Bonchev–Trinajstić information content (AvgIpc) is 3.85. The van der Waals surface area contributed by atoms with Crippen LogP contribution in [0.5, 0.6) is 0 Å². The molecular weight excluding hydrogens is 611 g/mol. The SMILES string of the molecule is CC1SC(CC2CC3C=CC2C3)=NC1=O.c1ccc([C@H](CN2CCCCC2)NCCCN[C@@H](CN2CCCCC2)c2ccccc2)cc1. The molecule has 0 aromatic heterocycles. The maximum atomic E-state index is 11.3. The van der Waals surface area contributed by atoms with Gasteiger partial charge in [-0.25, -0.2) is 4.99 Å². The number of amides is 1. The molecule has 7 heteroatoms. The highest BCUT2D eigenvalue weighted by Gasteiger charge is 2.37. The van der Waals surface area contributed by atoms with E-state index < -0.39 is 0 Å². The van der Waals surface area contributed by atoms with Crippen LogP contribution in [0.15, 0.2) is 77.8 Å². The van der Waals surface area contributed by atoms with Gasteiger partial charge in [0.2, 0.25) is 0 Å². The van der Waals surface area contributed by atoms with Crippen molar-refractivity contribution in [3.8, 4) is 0 Å². The van der Waals surface area contributed by atoms with Gasteiger partial charge >= 0.3 is 0 Å². The van der Waals surface area contributed by atoms with Crippen molar-refractivity contribution < 1.29 is 4.79 Å². The summed E-state index contributed by atoms with van der Waals surface area (Å²) >= 11 is 1.66. The molecule has 3 fully saturated rings. The zero-order valence-corrected chi connectivity index (χ0v) is 30.1. The third-order valence-corrected chi connectivity index (χ3v) is 12.2. The van der Waals surface area contributed by atoms with E-state index in [1.54, 1.807) is 11.8 Å². The largest absolute Gasteiger partial charge is 0.309 e. The van der Waals surface area contributed by atoms with E-state index in [4.69, 9.17) is 0 Å². The van der Waals surface area contributed by atoms with Gasteiger partial charge in [-0.1, -0.05) is 97.4 Å². The monoisotopic (exact) mass is 669 g/mol. The number of fused-ring (bicyclic) bond motifs is 2. The summed E-state index contributed by atoms with van der Waals surface area (Å²) < 4.78 is 0. The van der Waals surface area contributed by atoms with Crippen LogP contribution in [0.1, 0.15) is 94.3 Å². The lowest BCUT2D eigenvalue weighted by Gasteiger charge is -2.32. The highest BCUT2D eigenvalue weighted by Crippen LogP contribution is 2.46. The molecule has 6 nitrogen and oxygen atoms in total. The summed E-state index contributed by atoms with van der Waals surface area (Å²) in [5.41, 5.74) is 2.84. The maximum Gasteiger partial charge on any atom is 0.259 e. The number of carbonyl (C=O) groups excluding carboxylic acids is 1. The summed E-state index contributed by atoms with van der Waals surface area (Å²) in [5.74, 6) is 2.41. The third kappa shape index (κ3) is 10.6. The number of hydrogen-bond acceptors (Lipinski definition) is 6. The Balaban J connectivity index is 0.000000221. The predicted octanol–water partition coefficient (Wildman–Crippen LogP) is 7.66. The Hall–Kier alpha value is -2.29. The molecular formula is C41H59N5OS. The van der Waals surface area contributed by atoms with Crippen molar-refractivity contribution in [3.05, 3.63) is 83.9 Å². The molecule has 5 aliphatic rings. The number of piperidine rings is 2. The standard InChI is InChI=1S/C29H44N4.C12H15NOS/c1-5-14-26(15-6-1)28(24-32-20-9-3-10-21-32)30-18-13-19-31-29(27-16-7-2-8-17-27)25-33-22-11-4-12-23-33;1-7-12(14)13-11(15-7)6-10-5-8-2-3-9(10)4-8/h1-2,5-8,14-17,28-31H,3-4,9-13,18-25H2;2-3,7-10H,4-6H2,1H3/t28-,29-;/m0./s1. The van der Waals surface area contributed by atoms with Gasteiger partial charge < -0.3 is 20.4 Å². The van der Waals surface area contributed by atoms with Crippen LogP contribution in [-0.2, 0) is 4.79 Å². The average molecular weight is 670 g/mol. The number of nitrogens with one attached hydrogen (secondary N) is 2. The van der Waals surface area contributed by atoms with E-state index in [2.05, 4.69) is 98.2 Å². The fourth-order valence-corrected chi connectivity index (χ4v) is 9.34. The lowest BCUT2D eigenvalue weighted by molar-refractivity contribution is -0.116. The van der Waals surface area contributed by atoms with Crippen LogP contribution in [0.3, 0.4) is 0 Å². The van der Waals surface area contributed by atoms with E-state index in [0.29, 0.717) is 12.1 Å².